The monoisotopic (exact) mass is 234 g/mol. The second-order valence-electron chi connectivity index (χ2n) is 2.70. The van der Waals surface area contributed by atoms with Gasteiger partial charge in [0.1, 0.15) is 0 Å². The smallest absolute Gasteiger partial charge is 0.492 e. The van der Waals surface area contributed by atoms with Gasteiger partial charge in [0.2, 0.25) is 5.82 Å². The van der Waals surface area contributed by atoms with Crippen LogP contribution >= 0.6 is 11.8 Å². The van der Waals surface area contributed by atoms with Gasteiger partial charge in [-0.1, -0.05) is 0 Å². The van der Waals surface area contributed by atoms with E-state index in [4.69, 9.17) is 10.0 Å². The van der Waals surface area contributed by atoms with Crippen molar-refractivity contribution in [2.75, 3.05) is 13.4 Å². The predicted molar refractivity (Wildman–Crippen MR) is 54.5 cm³/mol. The maximum Gasteiger partial charge on any atom is 0.492 e. The van der Waals surface area contributed by atoms with Crippen molar-refractivity contribution in [1.82, 2.24) is 0 Å². The second-order valence-corrected chi connectivity index (χ2v) is 3.55. The quantitative estimate of drug-likeness (QED) is 0.586. The molecule has 0 saturated carbocycles. The summed E-state index contributed by atoms with van der Waals surface area (Å²) in [4.78, 5) is -0.00333. The molecule has 0 heterocycles. The standard InChI is InChI=1S/C8H9BF2O3S/c1-14-8-4(9(12)13)3-5(15-2)6(10)7(8)11/h3,12-13H,1-2H3. The van der Waals surface area contributed by atoms with Gasteiger partial charge < -0.3 is 14.8 Å². The minimum absolute atomic E-state index is 0.00333. The number of ether oxygens (including phenoxy) is 1. The Kier molecular flexibility index (Phi) is 3.95. The van der Waals surface area contributed by atoms with Crippen LogP contribution in [0.5, 0.6) is 5.75 Å². The van der Waals surface area contributed by atoms with Gasteiger partial charge in [-0.3, -0.25) is 0 Å². The number of halogens is 2. The summed E-state index contributed by atoms with van der Waals surface area (Å²) in [7, 11) is -0.774. The van der Waals surface area contributed by atoms with Gasteiger partial charge in [-0.15, -0.1) is 11.8 Å². The number of benzene rings is 1. The summed E-state index contributed by atoms with van der Waals surface area (Å²) < 4.78 is 31.2. The van der Waals surface area contributed by atoms with E-state index in [1.165, 1.54) is 0 Å². The number of thioether (sulfide) groups is 1. The number of hydrogen-bond acceptors (Lipinski definition) is 4. The number of hydrogen-bond donors (Lipinski definition) is 2. The van der Waals surface area contributed by atoms with Gasteiger partial charge in [-0.05, 0) is 12.3 Å². The predicted octanol–water partition coefficient (Wildman–Crippen LogP) is 0.375. The summed E-state index contributed by atoms with van der Waals surface area (Å²) in [5.74, 6) is -2.75. The zero-order valence-corrected chi connectivity index (χ0v) is 8.94. The third-order valence-corrected chi connectivity index (χ3v) is 2.60. The molecule has 82 valence electrons. The highest BCUT2D eigenvalue weighted by molar-refractivity contribution is 7.98. The fourth-order valence-corrected chi connectivity index (χ4v) is 1.67. The molecule has 0 atom stereocenters. The molecular weight excluding hydrogens is 225 g/mol. The van der Waals surface area contributed by atoms with E-state index >= 15 is 0 Å². The summed E-state index contributed by atoms with van der Waals surface area (Å²) in [6.45, 7) is 0. The molecule has 0 saturated heterocycles. The highest BCUT2D eigenvalue weighted by Crippen LogP contribution is 2.26. The summed E-state index contributed by atoms with van der Waals surface area (Å²) in [5, 5.41) is 17.9. The third kappa shape index (κ3) is 2.24. The van der Waals surface area contributed by atoms with Gasteiger partial charge in [-0.25, -0.2) is 4.39 Å². The maximum absolute atomic E-state index is 13.3. The normalized spacial score (nSPS) is 10.3. The average Bonchev–Trinajstić information content (AvgIpc) is 2.21. The lowest BCUT2D eigenvalue weighted by Crippen LogP contribution is -2.32. The van der Waals surface area contributed by atoms with Gasteiger partial charge in [0, 0.05) is 10.4 Å². The Labute approximate surface area is 90.2 Å². The van der Waals surface area contributed by atoms with Crippen molar-refractivity contribution >= 4 is 24.3 Å². The molecule has 0 aliphatic rings. The van der Waals surface area contributed by atoms with Gasteiger partial charge >= 0.3 is 7.12 Å². The second kappa shape index (κ2) is 4.83. The van der Waals surface area contributed by atoms with Crippen molar-refractivity contribution in [3.63, 3.8) is 0 Å². The molecule has 0 radical (unpaired) electrons. The first kappa shape index (κ1) is 12.3. The van der Waals surface area contributed by atoms with Crippen LogP contribution in [0.15, 0.2) is 11.0 Å². The first-order chi connectivity index (χ1) is 7.02. The molecule has 0 spiro atoms. The maximum atomic E-state index is 13.3. The zero-order chi connectivity index (χ0) is 11.6. The molecule has 15 heavy (non-hydrogen) atoms. The van der Waals surface area contributed by atoms with E-state index in [-0.39, 0.29) is 10.4 Å². The van der Waals surface area contributed by atoms with E-state index in [1.807, 2.05) is 0 Å². The first-order valence-corrected chi connectivity index (χ1v) is 5.21. The van der Waals surface area contributed by atoms with Gasteiger partial charge in [0.25, 0.3) is 0 Å². The van der Waals surface area contributed by atoms with E-state index in [1.54, 1.807) is 6.26 Å². The van der Waals surface area contributed by atoms with Crippen molar-refractivity contribution in [2.24, 2.45) is 0 Å². The van der Waals surface area contributed by atoms with Crippen LogP contribution in [0.1, 0.15) is 0 Å². The fraction of sp³-hybridized carbons (Fsp3) is 0.250. The highest BCUT2D eigenvalue weighted by Gasteiger charge is 2.25. The van der Waals surface area contributed by atoms with Crippen molar-refractivity contribution in [3.8, 4) is 5.75 Å². The lowest BCUT2D eigenvalue weighted by molar-refractivity contribution is 0.365. The molecule has 1 aromatic rings. The van der Waals surface area contributed by atoms with E-state index in [9.17, 15) is 8.78 Å². The molecule has 2 N–H and O–H groups in total. The van der Waals surface area contributed by atoms with Crippen LogP contribution in [0.4, 0.5) is 8.78 Å². The third-order valence-electron chi connectivity index (χ3n) is 1.86. The average molecular weight is 234 g/mol. The summed E-state index contributed by atoms with van der Waals surface area (Å²) in [6.07, 6.45) is 1.55. The molecule has 3 nitrogen and oxygen atoms in total. The number of rotatable bonds is 3. The molecule has 0 fully saturated rings. The Balaban J connectivity index is 3.44. The molecular formula is C8H9BF2O3S. The Morgan fingerprint density at radius 2 is 1.93 bits per heavy atom. The van der Waals surface area contributed by atoms with Crippen molar-refractivity contribution in [2.45, 2.75) is 4.90 Å². The van der Waals surface area contributed by atoms with Gasteiger partial charge in [0.15, 0.2) is 11.6 Å². The zero-order valence-electron chi connectivity index (χ0n) is 8.12. The van der Waals surface area contributed by atoms with Crippen molar-refractivity contribution in [3.05, 3.63) is 17.7 Å². The van der Waals surface area contributed by atoms with E-state index in [0.717, 1.165) is 24.9 Å². The Hall–Kier alpha value is -0.785. The minimum atomic E-state index is -1.90. The van der Waals surface area contributed by atoms with Crippen LogP contribution < -0.4 is 10.2 Å². The minimum Gasteiger partial charge on any atom is -0.494 e. The molecule has 0 amide bonds. The summed E-state index contributed by atoms with van der Waals surface area (Å²) in [6, 6.07) is 1.15. The van der Waals surface area contributed by atoms with E-state index in [2.05, 4.69) is 4.74 Å². The molecule has 1 rings (SSSR count). The van der Waals surface area contributed by atoms with Crippen LogP contribution in [-0.4, -0.2) is 30.5 Å². The Bertz CT molecular complexity index is 373. The molecule has 7 heteroatoms. The van der Waals surface area contributed by atoms with Gasteiger partial charge in [0.05, 0.1) is 7.11 Å². The molecule has 0 aliphatic carbocycles. The van der Waals surface area contributed by atoms with Crippen molar-refractivity contribution in [1.29, 1.82) is 0 Å². The van der Waals surface area contributed by atoms with Crippen LogP contribution in [-0.2, 0) is 0 Å². The number of methoxy groups -OCH3 is 1. The summed E-state index contributed by atoms with van der Waals surface area (Å²) >= 11 is 0.968. The van der Waals surface area contributed by atoms with Crippen LogP contribution in [0.2, 0.25) is 0 Å². The fourth-order valence-electron chi connectivity index (χ4n) is 1.15. The molecule has 0 aromatic heterocycles. The van der Waals surface area contributed by atoms with Crippen LogP contribution in [0.25, 0.3) is 0 Å². The first-order valence-electron chi connectivity index (χ1n) is 3.99. The summed E-state index contributed by atoms with van der Waals surface area (Å²) in [5.41, 5.74) is -0.194. The lowest BCUT2D eigenvalue weighted by Gasteiger charge is -2.11. The topological polar surface area (TPSA) is 49.7 Å². The van der Waals surface area contributed by atoms with E-state index < -0.39 is 24.5 Å². The van der Waals surface area contributed by atoms with Crippen LogP contribution in [0, 0.1) is 11.6 Å². The lowest BCUT2D eigenvalue weighted by atomic mass is 9.79. The highest BCUT2D eigenvalue weighted by atomic mass is 32.2. The van der Waals surface area contributed by atoms with Gasteiger partial charge in [-0.2, -0.15) is 4.39 Å². The van der Waals surface area contributed by atoms with E-state index in [0.29, 0.717) is 0 Å². The SMILES string of the molecule is COc1c(B(O)O)cc(SC)c(F)c1F. The van der Waals surface area contributed by atoms with Crippen molar-refractivity contribution < 1.29 is 23.6 Å². The Morgan fingerprint density at radius 1 is 1.33 bits per heavy atom. The molecule has 0 aliphatic heterocycles. The molecule has 0 bridgehead atoms. The largest absolute Gasteiger partial charge is 0.494 e. The van der Waals surface area contributed by atoms with Crippen LogP contribution in [0.3, 0.4) is 0 Å². The Morgan fingerprint density at radius 3 is 2.33 bits per heavy atom. The molecule has 1 aromatic carbocycles. The molecule has 0 unspecified atom stereocenters.